The number of rotatable bonds is 11. The number of aliphatic imine (C=N–C) groups is 1. The van der Waals surface area contributed by atoms with Crippen molar-refractivity contribution in [3.05, 3.63) is 29.3 Å². The van der Waals surface area contributed by atoms with E-state index in [4.69, 9.17) is 9.47 Å². The Morgan fingerprint density at radius 1 is 1.27 bits per heavy atom. The van der Waals surface area contributed by atoms with E-state index < -0.39 is 0 Å². The van der Waals surface area contributed by atoms with Gasteiger partial charge in [-0.15, -0.1) is 0 Å². The molecule has 26 heavy (non-hydrogen) atoms. The summed E-state index contributed by atoms with van der Waals surface area (Å²) >= 11 is 0. The van der Waals surface area contributed by atoms with Gasteiger partial charge in [-0.05, 0) is 58.0 Å². The molecule has 1 aromatic rings. The van der Waals surface area contributed by atoms with Gasteiger partial charge >= 0.3 is 0 Å². The molecule has 0 aliphatic carbocycles. The van der Waals surface area contributed by atoms with Gasteiger partial charge in [0.25, 0.3) is 0 Å². The molecule has 0 aliphatic heterocycles. The summed E-state index contributed by atoms with van der Waals surface area (Å²) in [5, 5.41) is 6.73. The fourth-order valence-electron chi connectivity index (χ4n) is 2.66. The standard InChI is InChI=1S/C20H36N4O2/c1-7-26-18(11-13-24(4)5)15-23-20(21-3)22-12-10-17-9-8-16(2)19(14-17)25-6/h8-9,14,18H,7,10-13,15H2,1-6H3,(H2,21,22,23). The largest absolute Gasteiger partial charge is 0.496 e. The summed E-state index contributed by atoms with van der Waals surface area (Å²) in [6, 6.07) is 6.33. The maximum atomic E-state index is 5.81. The van der Waals surface area contributed by atoms with E-state index in [0.29, 0.717) is 0 Å². The molecule has 1 unspecified atom stereocenters. The molecular formula is C20H36N4O2. The molecule has 0 saturated carbocycles. The number of methoxy groups -OCH3 is 1. The van der Waals surface area contributed by atoms with E-state index >= 15 is 0 Å². The lowest BCUT2D eigenvalue weighted by Gasteiger charge is -2.21. The second-order valence-electron chi connectivity index (χ2n) is 6.60. The fourth-order valence-corrected chi connectivity index (χ4v) is 2.66. The van der Waals surface area contributed by atoms with Crippen LogP contribution in [0.3, 0.4) is 0 Å². The van der Waals surface area contributed by atoms with Crippen LogP contribution in [0.15, 0.2) is 23.2 Å². The van der Waals surface area contributed by atoms with E-state index in [9.17, 15) is 0 Å². The zero-order valence-corrected chi connectivity index (χ0v) is 17.3. The Morgan fingerprint density at radius 3 is 2.65 bits per heavy atom. The van der Waals surface area contributed by atoms with Gasteiger partial charge in [0.1, 0.15) is 5.75 Å². The van der Waals surface area contributed by atoms with E-state index in [-0.39, 0.29) is 6.10 Å². The molecule has 6 heteroatoms. The first-order valence-corrected chi connectivity index (χ1v) is 9.34. The molecule has 1 rings (SSSR count). The maximum absolute atomic E-state index is 5.81. The third kappa shape index (κ3) is 8.54. The first-order chi connectivity index (χ1) is 12.5. The summed E-state index contributed by atoms with van der Waals surface area (Å²) in [4.78, 5) is 6.47. The van der Waals surface area contributed by atoms with Crippen molar-refractivity contribution in [2.75, 3.05) is 54.5 Å². The minimum Gasteiger partial charge on any atom is -0.496 e. The SMILES string of the molecule is CCOC(CCN(C)C)CNC(=NC)NCCc1ccc(C)c(OC)c1. The second-order valence-corrected chi connectivity index (χ2v) is 6.60. The Balaban J connectivity index is 2.42. The van der Waals surface area contributed by atoms with Crippen molar-refractivity contribution < 1.29 is 9.47 Å². The lowest BCUT2D eigenvalue weighted by atomic mass is 10.1. The highest BCUT2D eigenvalue weighted by Gasteiger charge is 2.10. The van der Waals surface area contributed by atoms with Crippen LogP contribution in [0.1, 0.15) is 24.5 Å². The monoisotopic (exact) mass is 364 g/mol. The Morgan fingerprint density at radius 2 is 2.04 bits per heavy atom. The molecule has 0 bridgehead atoms. The van der Waals surface area contributed by atoms with E-state index in [1.807, 2.05) is 6.92 Å². The fraction of sp³-hybridized carbons (Fsp3) is 0.650. The van der Waals surface area contributed by atoms with Crippen LogP contribution >= 0.6 is 0 Å². The number of aryl methyl sites for hydroxylation is 1. The number of hydrogen-bond donors (Lipinski definition) is 2. The summed E-state index contributed by atoms with van der Waals surface area (Å²) in [6.45, 7) is 7.38. The average Bonchev–Trinajstić information content (AvgIpc) is 2.63. The smallest absolute Gasteiger partial charge is 0.191 e. The second kappa shape index (κ2) is 12.5. The van der Waals surface area contributed by atoms with Crippen molar-refractivity contribution in [1.82, 2.24) is 15.5 Å². The third-order valence-corrected chi connectivity index (χ3v) is 4.20. The minimum atomic E-state index is 0.183. The zero-order chi connectivity index (χ0) is 19.4. The van der Waals surface area contributed by atoms with E-state index in [1.54, 1.807) is 14.2 Å². The summed E-state index contributed by atoms with van der Waals surface area (Å²) in [5.74, 6) is 1.74. The molecule has 2 N–H and O–H groups in total. The first-order valence-electron chi connectivity index (χ1n) is 9.34. The van der Waals surface area contributed by atoms with Crippen molar-refractivity contribution in [3.63, 3.8) is 0 Å². The lowest BCUT2D eigenvalue weighted by molar-refractivity contribution is 0.0548. The molecule has 1 atom stereocenters. The van der Waals surface area contributed by atoms with Gasteiger partial charge in [-0.25, -0.2) is 0 Å². The molecule has 0 spiro atoms. The number of hydrogen-bond acceptors (Lipinski definition) is 4. The maximum Gasteiger partial charge on any atom is 0.191 e. The van der Waals surface area contributed by atoms with Crippen molar-refractivity contribution >= 4 is 5.96 Å². The summed E-state index contributed by atoms with van der Waals surface area (Å²) in [5.41, 5.74) is 2.40. The van der Waals surface area contributed by atoms with Gasteiger partial charge in [0.15, 0.2) is 5.96 Å². The quantitative estimate of drug-likeness (QED) is 0.465. The van der Waals surface area contributed by atoms with Crippen LogP contribution in [0, 0.1) is 6.92 Å². The van der Waals surface area contributed by atoms with Crippen LogP contribution in [0.2, 0.25) is 0 Å². The van der Waals surface area contributed by atoms with Crippen LogP contribution in [0.5, 0.6) is 5.75 Å². The number of ether oxygens (including phenoxy) is 2. The van der Waals surface area contributed by atoms with Gasteiger partial charge in [0.05, 0.1) is 13.2 Å². The van der Waals surface area contributed by atoms with Gasteiger partial charge in [0, 0.05) is 33.3 Å². The van der Waals surface area contributed by atoms with Crippen LogP contribution in [0.25, 0.3) is 0 Å². The van der Waals surface area contributed by atoms with Gasteiger partial charge < -0.3 is 25.0 Å². The van der Waals surface area contributed by atoms with Crippen LogP contribution < -0.4 is 15.4 Å². The van der Waals surface area contributed by atoms with Gasteiger partial charge in [0.2, 0.25) is 0 Å². The first kappa shape index (κ1) is 22.3. The molecule has 1 aromatic carbocycles. The van der Waals surface area contributed by atoms with Crippen molar-refractivity contribution in [1.29, 1.82) is 0 Å². The van der Waals surface area contributed by atoms with E-state index in [1.165, 1.54) is 5.56 Å². The molecule has 0 radical (unpaired) electrons. The molecule has 6 nitrogen and oxygen atoms in total. The number of benzene rings is 1. The van der Waals surface area contributed by atoms with Crippen molar-refractivity contribution in [2.24, 2.45) is 4.99 Å². The molecule has 0 aliphatic rings. The predicted molar refractivity (Wildman–Crippen MR) is 109 cm³/mol. The topological polar surface area (TPSA) is 58.1 Å². The normalized spacial score (nSPS) is 13.0. The number of nitrogens with zero attached hydrogens (tertiary/aromatic N) is 2. The van der Waals surface area contributed by atoms with Crippen LogP contribution in [-0.4, -0.2) is 71.5 Å². The Labute approximate surface area is 159 Å². The third-order valence-electron chi connectivity index (χ3n) is 4.20. The Kier molecular flexibility index (Phi) is 10.7. The average molecular weight is 365 g/mol. The highest BCUT2D eigenvalue weighted by atomic mass is 16.5. The van der Waals surface area contributed by atoms with Gasteiger partial charge in [-0.2, -0.15) is 0 Å². The Hall–Kier alpha value is -1.79. The van der Waals surface area contributed by atoms with E-state index in [2.05, 4.69) is 59.7 Å². The summed E-state index contributed by atoms with van der Waals surface area (Å²) in [6.07, 6.45) is 2.09. The molecular weight excluding hydrogens is 328 g/mol. The van der Waals surface area contributed by atoms with Gasteiger partial charge in [-0.3, -0.25) is 4.99 Å². The van der Waals surface area contributed by atoms with Crippen molar-refractivity contribution in [3.8, 4) is 5.75 Å². The molecule has 0 fully saturated rings. The summed E-state index contributed by atoms with van der Waals surface area (Å²) < 4.78 is 11.2. The summed E-state index contributed by atoms with van der Waals surface area (Å²) in [7, 11) is 7.66. The van der Waals surface area contributed by atoms with E-state index in [0.717, 1.165) is 56.4 Å². The molecule has 148 valence electrons. The van der Waals surface area contributed by atoms with Crippen molar-refractivity contribution in [2.45, 2.75) is 32.8 Å². The number of nitrogens with one attached hydrogen (secondary N) is 2. The molecule has 0 aromatic heterocycles. The predicted octanol–water partition coefficient (Wildman–Crippen LogP) is 2.07. The lowest BCUT2D eigenvalue weighted by Crippen LogP contribution is -2.43. The molecule has 0 saturated heterocycles. The molecule has 0 amide bonds. The minimum absolute atomic E-state index is 0.183. The number of guanidine groups is 1. The Bertz CT molecular complexity index is 547. The van der Waals surface area contributed by atoms with Gasteiger partial charge in [-0.1, -0.05) is 12.1 Å². The highest BCUT2D eigenvalue weighted by molar-refractivity contribution is 5.79. The van der Waals surface area contributed by atoms with Crippen LogP contribution in [0.4, 0.5) is 0 Å². The van der Waals surface area contributed by atoms with Crippen LogP contribution in [-0.2, 0) is 11.2 Å². The molecule has 0 heterocycles. The zero-order valence-electron chi connectivity index (χ0n) is 17.3. The highest BCUT2D eigenvalue weighted by Crippen LogP contribution is 2.18.